The summed E-state index contributed by atoms with van der Waals surface area (Å²) in [5.41, 5.74) is 10.7. The van der Waals surface area contributed by atoms with E-state index in [1.165, 1.54) is 15.9 Å². The SMILES string of the molecule is Cc1scnc1C#Cc1cccc2cc([C@H](C)NC(=O)c3c(N)nn4cccnc34)n(-c3ccccc3)c(=O)c12. The van der Waals surface area contributed by atoms with Gasteiger partial charge in [0.1, 0.15) is 11.3 Å². The smallest absolute Gasteiger partial charge is 0.264 e. The number of fused-ring (bicyclic) bond motifs is 2. The first-order valence-corrected chi connectivity index (χ1v) is 13.4. The van der Waals surface area contributed by atoms with Crippen LogP contribution in [-0.2, 0) is 0 Å². The highest BCUT2D eigenvalue weighted by Gasteiger charge is 2.24. The van der Waals surface area contributed by atoms with Gasteiger partial charge in [-0.25, -0.2) is 14.5 Å². The molecule has 0 saturated carbocycles. The molecule has 1 amide bonds. The summed E-state index contributed by atoms with van der Waals surface area (Å²) in [4.78, 5) is 37.2. The average Bonchev–Trinajstić information content (AvgIpc) is 3.53. The third-order valence-corrected chi connectivity index (χ3v) is 7.35. The number of para-hydroxylation sites is 1. The Morgan fingerprint density at radius 1 is 1.07 bits per heavy atom. The van der Waals surface area contributed by atoms with E-state index in [2.05, 4.69) is 32.2 Å². The maximum atomic E-state index is 14.2. The quantitative estimate of drug-likeness (QED) is 0.319. The standard InChI is InChI=1S/C30H23N7O2S/c1-18(34-29(38)26-27(31)35-36-15-7-14-32-28(26)36)24-16-21-9-6-8-20(12-13-23-19(2)40-17-33-23)25(21)30(39)37(24)22-10-4-3-5-11-22/h3-11,14-18H,1-2H3,(H2,31,35)(H,34,38)/t18-/m0/s1. The number of thiazole rings is 1. The number of aromatic nitrogens is 5. The van der Waals surface area contributed by atoms with Gasteiger partial charge in [-0.05, 0) is 55.5 Å². The molecule has 0 aliphatic carbocycles. The lowest BCUT2D eigenvalue weighted by Gasteiger charge is -2.21. The Morgan fingerprint density at radius 3 is 2.67 bits per heavy atom. The summed E-state index contributed by atoms with van der Waals surface area (Å²) in [6.07, 6.45) is 3.24. The summed E-state index contributed by atoms with van der Waals surface area (Å²) < 4.78 is 3.07. The molecule has 1 atom stereocenters. The van der Waals surface area contributed by atoms with Crippen molar-refractivity contribution < 1.29 is 4.79 Å². The van der Waals surface area contributed by atoms with Gasteiger partial charge >= 0.3 is 0 Å². The number of carbonyl (C=O) groups is 1. The van der Waals surface area contributed by atoms with E-state index >= 15 is 0 Å². The molecule has 0 unspecified atom stereocenters. The molecule has 4 aromatic heterocycles. The Bertz CT molecular complexity index is 2030. The van der Waals surface area contributed by atoms with Crippen molar-refractivity contribution in [2.75, 3.05) is 5.73 Å². The van der Waals surface area contributed by atoms with Crippen molar-refractivity contribution in [2.45, 2.75) is 19.9 Å². The summed E-state index contributed by atoms with van der Waals surface area (Å²) in [7, 11) is 0. The minimum atomic E-state index is -0.574. The Balaban J connectivity index is 1.48. The first-order valence-electron chi connectivity index (χ1n) is 12.5. The van der Waals surface area contributed by atoms with Crippen LogP contribution in [0, 0.1) is 18.8 Å². The van der Waals surface area contributed by atoms with Crippen LogP contribution in [0.2, 0.25) is 0 Å². The predicted octanol–water partition coefficient (Wildman–Crippen LogP) is 4.27. The summed E-state index contributed by atoms with van der Waals surface area (Å²) in [5.74, 6) is 5.89. The Morgan fingerprint density at radius 2 is 1.90 bits per heavy atom. The third kappa shape index (κ3) is 4.38. The number of aryl methyl sites for hydroxylation is 1. The zero-order valence-corrected chi connectivity index (χ0v) is 22.4. The number of rotatable bonds is 4. The number of hydrogen-bond acceptors (Lipinski definition) is 7. The number of anilines is 1. The van der Waals surface area contributed by atoms with E-state index in [4.69, 9.17) is 5.73 Å². The summed E-state index contributed by atoms with van der Waals surface area (Å²) in [6.45, 7) is 3.79. The zero-order chi connectivity index (χ0) is 27.8. The Kier molecular flexibility index (Phi) is 6.34. The number of pyridine rings is 1. The number of carbonyl (C=O) groups excluding carboxylic acids is 1. The van der Waals surface area contributed by atoms with Crippen LogP contribution in [0.1, 0.15) is 45.2 Å². The van der Waals surface area contributed by atoms with Crippen LogP contribution in [0.3, 0.4) is 0 Å². The fourth-order valence-corrected chi connectivity index (χ4v) is 5.20. The van der Waals surface area contributed by atoms with Crippen LogP contribution in [-0.4, -0.2) is 30.1 Å². The number of amides is 1. The van der Waals surface area contributed by atoms with Gasteiger partial charge in [-0.15, -0.1) is 16.4 Å². The molecule has 6 aromatic rings. The van der Waals surface area contributed by atoms with Crippen molar-refractivity contribution >= 4 is 39.5 Å². The lowest BCUT2D eigenvalue weighted by atomic mass is 10.0. The van der Waals surface area contributed by atoms with E-state index in [1.54, 1.807) is 28.5 Å². The van der Waals surface area contributed by atoms with Gasteiger partial charge in [-0.3, -0.25) is 14.2 Å². The molecule has 2 aromatic carbocycles. The first-order chi connectivity index (χ1) is 19.4. The molecule has 40 heavy (non-hydrogen) atoms. The maximum absolute atomic E-state index is 14.2. The fraction of sp³-hybridized carbons (Fsp3) is 0.100. The lowest BCUT2D eigenvalue weighted by Crippen LogP contribution is -2.32. The van der Waals surface area contributed by atoms with Crippen LogP contribution in [0.5, 0.6) is 0 Å². The van der Waals surface area contributed by atoms with Crippen LogP contribution < -0.4 is 16.6 Å². The number of benzene rings is 2. The predicted molar refractivity (Wildman–Crippen MR) is 156 cm³/mol. The van der Waals surface area contributed by atoms with E-state index < -0.39 is 11.9 Å². The maximum Gasteiger partial charge on any atom is 0.264 e. The second-order valence-electron chi connectivity index (χ2n) is 9.17. The zero-order valence-electron chi connectivity index (χ0n) is 21.6. The highest BCUT2D eigenvalue weighted by molar-refractivity contribution is 7.09. The highest BCUT2D eigenvalue weighted by atomic mass is 32.1. The molecular formula is C30H23N7O2S. The van der Waals surface area contributed by atoms with Crippen molar-refractivity contribution in [1.29, 1.82) is 0 Å². The van der Waals surface area contributed by atoms with E-state index in [-0.39, 0.29) is 16.9 Å². The van der Waals surface area contributed by atoms with Crippen molar-refractivity contribution in [3.63, 3.8) is 0 Å². The van der Waals surface area contributed by atoms with E-state index in [0.29, 0.717) is 39.1 Å². The van der Waals surface area contributed by atoms with Gasteiger partial charge < -0.3 is 11.1 Å². The van der Waals surface area contributed by atoms with Gasteiger partial charge in [-0.1, -0.05) is 36.3 Å². The first kappa shape index (κ1) is 25.0. The fourth-order valence-electron chi connectivity index (χ4n) is 4.66. The molecule has 0 spiro atoms. The van der Waals surface area contributed by atoms with E-state index in [1.807, 2.05) is 68.4 Å². The molecular weight excluding hydrogens is 522 g/mol. The van der Waals surface area contributed by atoms with Gasteiger partial charge in [-0.2, -0.15) is 0 Å². The molecule has 0 bridgehead atoms. The molecule has 0 aliphatic rings. The van der Waals surface area contributed by atoms with E-state index in [9.17, 15) is 9.59 Å². The van der Waals surface area contributed by atoms with Gasteiger partial charge in [0, 0.05) is 34.2 Å². The summed E-state index contributed by atoms with van der Waals surface area (Å²) in [5, 5.41) is 8.38. The van der Waals surface area contributed by atoms with Crippen LogP contribution in [0.25, 0.3) is 22.1 Å². The molecule has 6 rings (SSSR count). The summed E-state index contributed by atoms with van der Waals surface area (Å²) in [6, 6.07) is 17.9. The van der Waals surface area contributed by atoms with Crippen LogP contribution >= 0.6 is 11.3 Å². The Labute approximate surface area is 233 Å². The molecule has 0 radical (unpaired) electrons. The summed E-state index contributed by atoms with van der Waals surface area (Å²) >= 11 is 1.53. The number of hydrogen-bond donors (Lipinski definition) is 2. The largest absolute Gasteiger partial charge is 0.381 e. The molecule has 9 nitrogen and oxygen atoms in total. The molecule has 0 aliphatic heterocycles. The minimum Gasteiger partial charge on any atom is -0.381 e. The number of nitrogens with zero attached hydrogens (tertiary/aromatic N) is 5. The van der Waals surface area contributed by atoms with Gasteiger partial charge in [0.15, 0.2) is 11.5 Å². The molecule has 196 valence electrons. The van der Waals surface area contributed by atoms with Crippen molar-refractivity contribution in [2.24, 2.45) is 0 Å². The third-order valence-electron chi connectivity index (χ3n) is 6.59. The van der Waals surface area contributed by atoms with Gasteiger partial charge in [0.05, 0.1) is 16.9 Å². The number of nitrogens with one attached hydrogen (secondary N) is 1. The molecule has 10 heteroatoms. The number of nitrogen functional groups attached to an aromatic ring is 1. The normalized spacial score (nSPS) is 11.8. The lowest BCUT2D eigenvalue weighted by molar-refractivity contribution is 0.0941. The molecule has 0 saturated heterocycles. The second-order valence-corrected chi connectivity index (χ2v) is 10.2. The average molecular weight is 546 g/mol. The number of nitrogens with two attached hydrogens (primary N) is 1. The van der Waals surface area contributed by atoms with Gasteiger partial charge in [0.2, 0.25) is 0 Å². The van der Waals surface area contributed by atoms with Crippen LogP contribution in [0.15, 0.2) is 83.4 Å². The molecule has 3 N–H and O–H groups in total. The minimum absolute atomic E-state index is 0.0703. The Hall–Kier alpha value is -5.27. The van der Waals surface area contributed by atoms with Crippen molar-refractivity contribution in [1.82, 2.24) is 29.5 Å². The van der Waals surface area contributed by atoms with Crippen LogP contribution in [0.4, 0.5) is 5.82 Å². The highest BCUT2D eigenvalue weighted by Crippen LogP contribution is 2.24. The van der Waals surface area contributed by atoms with Gasteiger partial charge in [0.25, 0.3) is 11.5 Å². The molecule has 4 heterocycles. The topological polar surface area (TPSA) is 120 Å². The van der Waals surface area contributed by atoms with Crippen molar-refractivity contribution in [3.05, 3.63) is 116 Å². The van der Waals surface area contributed by atoms with E-state index in [0.717, 1.165) is 4.88 Å². The monoisotopic (exact) mass is 545 g/mol. The van der Waals surface area contributed by atoms with Crippen molar-refractivity contribution in [3.8, 4) is 17.5 Å². The second kappa shape index (κ2) is 10.1. The molecule has 0 fully saturated rings.